The summed E-state index contributed by atoms with van der Waals surface area (Å²) in [5.41, 5.74) is 3.27. The van der Waals surface area contributed by atoms with Gasteiger partial charge in [-0.2, -0.15) is 0 Å². The molecule has 0 saturated heterocycles. The summed E-state index contributed by atoms with van der Waals surface area (Å²) in [6.45, 7) is 0.705. The molecule has 1 amide bonds. The molecule has 3 rings (SSSR count). The van der Waals surface area contributed by atoms with Gasteiger partial charge in [-0.25, -0.2) is 0 Å². The number of aryl methyl sites for hydroxylation is 1. The molecule has 108 valence electrons. The minimum absolute atomic E-state index is 0.0502. The molecule has 1 aliphatic rings. The number of hydrogen-bond donors (Lipinski definition) is 2. The Labute approximate surface area is 132 Å². The summed E-state index contributed by atoms with van der Waals surface area (Å²) >= 11 is 3.41. The van der Waals surface area contributed by atoms with Crippen LogP contribution in [0.3, 0.4) is 0 Å². The number of rotatable bonds is 2. The van der Waals surface area contributed by atoms with E-state index in [1.54, 1.807) is 0 Å². The number of hydrogen-bond acceptors (Lipinski definition) is 2. The number of fused-ring (bicyclic) bond motifs is 1. The van der Waals surface area contributed by atoms with Crippen LogP contribution < -0.4 is 5.32 Å². The van der Waals surface area contributed by atoms with Crippen molar-refractivity contribution < 1.29 is 9.90 Å². The molecule has 1 unspecified atom stereocenters. The van der Waals surface area contributed by atoms with Crippen molar-refractivity contribution in [2.75, 3.05) is 6.54 Å². The highest BCUT2D eigenvalue weighted by Crippen LogP contribution is 2.27. The Balaban J connectivity index is 1.98. The molecule has 2 aromatic rings. The van der Waals surface area contributed by atoms with Crippen LogP contribution in [0.15, 0.2) is 46.9 Å². The third kappa shape index (κ3) is 3.01. The van der Waals surface area contributed by atoms with Gasteiger partial charge in [0.15, 0.2) is 0 Å². The standard InChI is InChI=1S/C17H16BrNO2/c18-14-5-1-3-12(9-14)16(20)13-7-6-11-4-2-8-19-17(21)15(11)10-13/h1,3,5-7,9-10,16,20H,2,4,8H2,(H,19,21). The van der Waals surface area contributed by atoms with Crippen LogP contribution in [-0.2, 0) is 6.42 Å². The maximum absolute atomic E-state index is 12.1. The lowest BCUT2D eigenvalue weighted by Gasteiger charge is -2.14. The van der Waals surface area contributed by atoms with Crippen molar-refractivity contribution in [2.24, 2.45) is 0 Å². The van der Waals surface area contributed by atoms with E-state index in [-0.39, 0.29) is 5.91 Å². The summed E-state index contributed by atoms with van der Waals surface area (Å²) in [6.07, 6.45) is 1.11. The number of carbonyl (C=O) groups excluding carboxylic acids is 1. The van der Waals surface area contributed by atoms with Gasteiger partial charge in [-0.15, -0.1) is 0 Å². The van der Waals surface area contributed by atoms with Gasteiger partial charge in [0.1, 0.15) is 6.10 Å². The van der Waals surface area contributed by atoms with Crippen molar-refractivity contribution in [2.45, 2.75) is 18.9 Å². The highest BCUT2D eigenvalue weighted by Gasteiger charge is 2.18. The summed E-state index contributed by atoms with van der Waals surface area (Å²) in [6, 6.07) is 13.2. The van der Waals surface area contributed by atoms with Crippen molar-refractivity contribution in [3.63, 3.8) is 0 Å². The van der Waals surface area contributed by atoms with Gasteiger partial charge in [0.05, 0.1) is 0 Å². The molecule has 1 heterocycles. The first-order valence-corrected chi connectivity index (χ1v) is 7.79. The molecule has 2 aromatic carbocycles. The number of aliphatic hydroxyl groups excluding tert-OH is 1. The van der Waals surface area contributed by atoms with Crippen LogP contribution in [0.4, 0.5) is 0 Å². The van der Waals surface area contributed by atoms with Crippen LogP contribution in [0, 0.1) is 0 Å². The van der Waals surface area contributed by atoms with Crippen LogP contribution in [0.25, 0.3) is 0 Å². The summed E-state index contributed by atoms with van der Waals surface area (Å²) in [5, 5.41) is 13.4. The fraction of sp³-hybridized carbons (Fsp3) is 0.235. The Morgan fingerprint density at radius 2 is 1.95 bits per heavy atom. The first-order valence-electron chi connectivity index (χ1n) is 7.00. The lowest BCUT2D eigenvalue weighted by Crippen LogP contribution is -2.22. The topological polar surface area (TPSA) is 49.3 Å². The Morgan fingerprint density at radius 3 is 2.76 bits per heavy atom. The quantitative estimate of drug-likeness (QED) is 0.877. The monoisotopic (exact) mass is 345 g/mol. The number of carbonyl (C=O) groups is 1. The predicted molar refractivity (Wildman–Crippen MR) is 85.3 cm³/mol. The number of halogens is 1. The molecule has 0 saturated carbocycles. The second kappa shape index (κ2) is 6.00. The molecular formula is C17H16BrNO2. The largest absolute Gasteiger partial charge is 0.384 e. The van der Waals surface area contributed by atoms with Gasteiger partial charge in [0.25, 0.3) is 5.91 Å². The maximum Gasteiger partial charge on any atom is 0.251 e. The first-order chi connectivity index (χ1) is 10.1. The van der Waals surface area contributed by atoms with E-state index in [1.807, 2.05) is 42.5 Å². The minimum Gasteiger partial charge on any atom is -0.384 e. The third-order valence-corrected chi connectivity index (χ3v) is 4.26. The van der Waals surface area contributed by atoms with Crippen LogP contribution in [0.5, 0.6) is 0 Å². The molecule has 0 aliphatic carbocycles. The highest BCUT2D eigenvalue weighted by atomic mass is 79.9. The van der Waals surface area contributed by atoms with E-state index in [1.165, 1.54) is 0 Å². The van der Waals surface area contributed by atoms with E-state index in [2.05, 4.69) is 21.2 Å². The maximum atomic E-state index is 12.1. The molecule has 0 radical (unpaired) electrons. The Bertz CT molecular complexity index is 684. The van der Waals surface area contributed by atoms with Gasteiger partial charge >= 0.3 is 0 Å². The zero-order valence-corrected chi connectivity index (χ0v) is 13.1. The zero-order valence-electron chi connectivity index (χ0n) is 11.5. The number of nitrogens with one attached hydrogen (secondary N) is 1. The van der Waals surface area contributed by atoms with Gasteiger partial charge in [0.2, 0.25) is 0 Å². The summed E-state index contributed by atoms with van der Waals surface area (Å²) in [7, 11) is 0. The average Bonchev–Trinajstić information content (AvgIpc) is 2.68. The first kappa shape index (κ1) is 14.3. The zero-order chi connectivity index (χ0) is 14.8. The summed E-state index contributed by atoms with van der Waals surface area (Å²) < 4.78 is 0.923. The molecule has 0 bridgehead atoms. The smallest absolute Gasteiger partial charge is 0.251 e. The fourth-order valence-electron chi connectivity index (χ4n) is 2.64. The third-order valence-electron chi connectivity index (χ3n) is 3.77. The van der Waals surface area contributed by atoms with Crippen molar-refractivity contribution in [1.82, 2.24) is 5.32 Å². The Morgan fingerprint density at radius 1 is 1.14 bits per heavy atom. The fourth-order valence-corrected chi connectivity index (χ4v) is 3.06. The van der Waals surface area contributed by atoms with E-state index in [0.717, 1.165) is 34.0 Å². The predicted octanol–water partition coefficient (Wildman–Crippen LogP) is 3.21. The Hall–Kier alpha value is -1.65. The van der Waals surface area contributed by atoms with Crippen molar-refractivity contribution >= 4 is 21.8 Å². The molecule has 3 nitrogen and oxygen atoms in total. The van der Waals surface area contributed by atoms with Crippen molar-refractivity contribution in [3.05, 3.63) is 69.2 Å². The van der Waals surface area contributed by atoms with Crippen molar-refractivity contribution in [1.29, 1.82) is 0 Å². The minimum atomic E-state index is -0.733. The SMILES string of the molecule is O=C1NCCCc2ccc(C(O)c3cccc(Br)c3)cc21. The molecule has 2 N–H and O–H groups in total. The Kier molecular flexibility index (Phi) is 4.08. The van der Waals surface area contributed by atoms with Gasteiger partial charge in [-0.1, -0.05) is 40.2 Å². The molecule has 1 atom stereocenters. The van der Waals surface area contributed by atoms with Crippen molar-refractivity contribution in [3.8, 4) is 0 Å². The van der Waals surface area contributed by atoms with Crippen LogP contribution in [-0.4, -0.2) is 17.6 Å². The van der Waals surface area contributed by atoms with E-state index in [0.29, 0.717) is 12.1 Å². The van der Waals surface area contributed by atoms with Crippen LogP contribution in [0.2, 0.25) is 0 Å². The molecule has 0 aromatic heterocycles. The van der Waals surface area contributed by atoms with Crippen LogP contribution in [0.1, 0.15) is 39.6 Å². The van der Waals surface area contributed by atoms with E-state index >= 15 is 0 Å². The normalized spacial score (nSPS) is 15.8. The van der Waals surface area contributed by atoms with Crippen LogP contribution >= 0.6 is 15.9 Å². The molecule has 4 heteroatoms. The second-order valence-electron chi connectivity index (χ2n) is 5.23. The van der Waals surface area contributed by atoms with Gasteiger partial charge in [-0.05, 0) is 47.7 Å². The second-order valence-corrected chi connectivity index (χ2v) is 6.15. The highest BCUT2D eigenvalue weighted by molar-refractivity contribution is 9.10. The lowest BCUT2D eigenvalue weighted by molar-refractivity contribution is 0.0956. The summed E-state index contributed by atoms with van der Waals surface area (Å²) in [4.78, 5) is 12.1. The molecular weight excluding hydrogens is 330 g/mol. The lowest BCUT2D eigenvalue weighted by atomic mass is 9.95. The van der Waals surface area contributed by atoms with Gasteiger partial charge in [-0.3, -0.25) is 4.79 Å². The number of amides is 1. The van der Waals surface area contributed by atoms with E-state index in [4.69, 9.17) is 0 Å². The summed E-state index contributed by atoms with van der Waals surface area (Å²) in [5.74, 6) is -0.0502. The molecule has 21 heavy (non-hydrogen) atoms. The van der Waals surface area contributed by atoms with E-state index in [9.17, 15) is 9.90 Å². The number of aliphatic hydroxyl groups is 1. The molecule has 0 fully saturated rings. The molecule has 0 spiro atoms. The number of benzene rings is 2. The average molecular weight is 346 g/mol. The van der Waals surface area contributed by atoms with E-state index < -0.39 is 6.10 Å². The van der Waals surface area contributed by atoms with Gasteiger partial charge in [0, 0.05) is 16.6 Å². The molecule has 1 aliphatic heterocycles. The van der Waals surface area contributed by atoms with Gasteiger partial charge < -0.3 is 10.4 Å².